The minimum Gasteiger partial charge on any atom is -0.310 e. The lowest BCUT2D eigenvalue weighted by Crippen LogP contribution is -2.37. The lowest BCUT2D eigenvalue weighted by atomic mass is 10.2. The van der Waals surface area contributed by atoms with Crippen molar-refractivity contribution < 1.29 is 8.42 Å². The highest BCUT2D eigenvalue weighted by Gasteiger charge is 2.21. The van der Waals surface area contributed by atoms with Crippen molar-refractivity contribution in [3.63, 3.8) is 0 Å². The molecule has 0 heterocycles. The number of sulfonamides is 1. The molecular weight excluding hydrogens is 304 g/mol. The van der Waals surface area contributed by atoms with E-state index in [9.17, 15) is 8.42 Å². The van der Waals surface area contributed by atoms with E-state index < -0.39 is 10.0 Å². The van der Waals surface area contributed by atoms with Crippen LogP contribution >= 0.6 is 11.8 Å². The predicted octanol–water partition coefficient (Wildman–Crippen LogP) is 2.60. The molecule has 2 N–H and O–H groups in total. The quantitative estimate of drug-likeness (QED) is 0.731. The lowest BCUT2D eigenvalue weighted by molar-refractivity contribution is 0.551. The van der Waals surface area contributed by atoms with Crippen LogP contribution in [0.25, 0.3) is 0 Å². The number of hydrogen-bond donors (Lipinski definition) is 2. The zero-order valence-electron chi connectivity index (χ0n) is 13.2. The molecule has 0 fully saturated rings. The molecule has 1 aromatic rings. The first-order valence-corrected chi connectivity index (χ1v) is 10.1. The number of thioether (sulfide) groups is 1. The Morgan fingerprint density at radius 1 is 1.24 bits per heavy atom. The molecule has 120 valence electrons. The van der Waals surface area contributed by atoms with Crippen LogP contribution in [0.4, 0.5) is 0 Å². The molecule has 0 aliphatic heterocycles. The number of nitrogens with one attached hydrogen (secondary N) is 2. The smallest absolute Gasteiger partial charge is 0.241 e. The summed E-state index contributed by atoms with van der Waals surface area (Å²) in [6.07, 6.45) is 2.77. The second-order valence-corrected chi connectivity index (χ2v) is 7.92. The van der Waals surface area contributed by atoms with E-state index in [4.69, 9.17) is 0 Å². The summed E-state index contributed by atoms with van der Waals surface area (Å²) < 4.78 is 28.0. The first kappa shape index (κ1) is 18.5. The van der Waals surface area contributed by atoms with Gasteiger partial charge in [0.1, 0.15) is 0 Å². The van der Waals surface area contributed by atoms with Crippen molar-refractivity contribution in [2.75, 3.05) is 12.0 Å². The lowest BCUT2D eigenvalue weighted by Gasteiger charge is -2.18. The monoisotopic (exact) mass is 330 g/mol. The molecule has 1 unspecified atom stereocenters. The van der Waals surface area contributed by atoms with Crippen LogP contribution in [0.5, 0.6) is 0 Å². The summed E-state index contributed by atoms with van der Waals surface area (Å²) in [4.78, 5) is 0.373. The topological polar surface area (TPSA) is 58.2 Å². The van der Waals surface area contributed by atoms with Crippen molar-refractivity contribution in [3.8, 4) is 0 Å². The zero-order chi connectivity index (χ0) is 15.9. The second-order valence-electron chi connectivity index (χ2n) is 5.33. The first-order valence-electron chi connectivity index (χ1n) is 7.23. The summed E-state index contributed by atoms with van der Waals surface area (Å²) in [5, 5.41) is 3.27. The summed E-state index contributed by atoms with van der Waals surface area (Å²) in [6, 6.07) is 7.45. The Hall–Kier alpha value is -0.560. The highest BCUT2D eigenvalue weighted by atomic mass is 32.2. The number of hydrogen-bond acceptors (Lipinski definition) is 4. The third-order valence-corrected chi connectivity index (χ3v) is 5.50. The third kappa shape index (κ3) is 5.98. The van der Waals surface area contributed by atoms with Gasteiger partial charge in [0.2, 0.25) is 10.0 Å². The minimum atomic E-state index is -3.48. The maximum atomic E-state index is 12.6. The van der Waals surface area contributed by atoms with Crippen LogP contribution in [0.3, 0.4) is 0 Å². The standard InChI is InChI=1S/C15H26N2O2S2/c1-5-14(11-20-4)17-21(18,19)15-9-7-6-8-13(15)10-16-12(2)3/h6-9,12,14,16-17H,5,10-11H2,1-4H3. The van der Waals surface area contributed by atoms with Gasteiger partial charge in [-0.2, -0.15) is 11.8 Å². The molecule has 0 spiro atoms. The average Bonchev–Trinajstić information content (AvgIpc) is 2.44. The van der Waals surface area contributed by atoms with Gasteiger partial charge in [-0.1, -0.05) is 39.0 Å². The maximum Gasteiger partial charge on any atom is 0.241 e. The Bertz CT molecular complexity index is 530. The van der Waals surface area contributed by atoms with Gasteiger partial charge < -0.3 is 5.32 Å². The van der Waals surface area contributed by atoms with Crippen LogP contribution in [-0.4, -0.2) is 32.5 Å². The van der Waals surface area contributed by atoms with Crippen LogP contribution in [-0.2, 0) is 16.6 Å². The fraction of sp³-hybridized carbons (Fsp3) is 0.600. The van der Waals surface area contributed by atoms with E-state index in [-0.39, 0.29) is 6.04 Å². The molecule has 0 saturated heterocycles. The van der Waals surface area contributed by atoms with E-state index in [0.29, 0.717) is 17.5 Å². The summed E-state index contributed by atoms with van der Waals surface area (Å²) in [6.45, 7) is 6.63. The van der Waals surface area contributed by atoms with Gasteiger partial charge in [0.25, 0.3) is 0 Å². The zero-order valence-corrected chi connectivity index (χ0v) is 14.9. The van der Waals surface area contributed by atoms with Crippen LogP contribution in [0.15, 0.2) is 29.2 Å². The fourth-order valence-electron chi connectivity index (χ4n) is 1.95. The van der Waals surface area contributed by atoms with E-state index in [1.54, 1.807) is 23.9 Å². The molecule has 1 aromatic carbocycles. The summed E-state index contributed by atoms with van der Waals surface area (Å²) in [5.74, 6) is 0.780. The van der Waals surface area contributed by atoms with Gasteiger partial charge in [0, 0.05) is 24.4 Å². The summed E-state index contributed by atoms with van der Waals surface area (Å²) in [5.41, 5.74) is 0.803. The normalized spacial score (nSPS) is 13.6. The van der Waals surface area contributed by atoms with E-state index in [1.165, 1.54) is 0 Å². The molecular formula is C15H26N2O2S2. The van der Waals surface area contributed by atoms with E-state index in [0.717, 1.165) is 17.7 Å². The summed E-state index contributed by atoms with van der Waals surface area (Å²) >= 11 is 1.65. The van der Waals surface area contributed by atoms with Gasteiger partial charge in [-0.15, -0.1) is 0 Å². The molecule has 1 rings (SSSR count). The van der Waals surface area contributed by atoms with Gasteiger partial charge >= 0.3 is 0 Å². The average molecular weight is 331 g/mol. The second kappa shape index (κ2) is 8.78. The van der Waals surface area contributed by atoms with Gasteiger partial charge in [-0.25, -0.2) is 13.1 Å². The van der Waals surface area contributed by atoms with Crippen molar-refractivity contribution in [1.29, 1.82) is 0 Å². The van der Waals surface area contributed by atoms with Crippen molar-refractivity contribution in [3.05, 3.63) is 29.8 Å². The molecule has 0 radical (unpaired) electrons. The summed E-state index contributed by atoms with van der Waals surface area (Å²) in [7, 11) is -3.48. The molecule has 0 aliphatic carbocycles. The van der Waals surface area contributed by atoms with E-state index in [1.807, 2.05) is 39.2 Å². The molecule has 0 aromatic heterocycles. The van der Waals surface area contributed by atoms with Crippen molar-refractivity contribution in [2.45, 2.75) is 50.7 Å². The highest BCUT2D eigenvalue weighted by molar-refractivity contribution is 7.98. The van der Waals surface area contributed by atoms with E-state index >= 15 is 0 Å². The van der Waals surface area contributed by atoms with Gasteiger partial charge in [0.15, 0.2) is 0 Å². The molecule has 0 saturated carbocycles. The van der Waals surface area contributed by atoms with Crippen molar-refractivity contribution in [1.82, 2.24) is 10.0 Å². The third-order valence-electron chi connectivity index (χ3n) is 3.15. The maximum absolute atomic E-state index is 12.6. The number of benzene rings is 1. The fourth-order valence-corrected chi connectivity index (χ4v) is 4.33. The van der Waals surface area contributed by atoms with Crippen molar-refractivity contribution >= 4 is 21.8 Å². The van der Waals surface area contributed by atoms with Crippen LogP contribution in [0.2, 0.25) is 0 Å². The Morgan fingerprint density at radius 3 is 2.48 bits per heavy atom. The molecule has 0 amide bonds. The molecule has 4 nitrogen and oxygen atoms in total. The predicted molar refractivity (Wildman–Crippen MR) is 91.2 cm³/mol. The van der Waals surface area contributed by atoms with Gasteiger partial charge in [-0.05, 0) is 24.3 Å². The largest absolute Gasteiger partial charge is 0.310 e. The molecule has 21 heavy (non-hydrogen) atoms. The van der Waals surface area contributed by atoms with E-state index in [2.05, 4.69) is 10.0 Å². The first-order chi connectivity index (χ1) is 9.90. The Morgan fingerprint density at radius 2 is 1.90 bits per heavy atom. The van der Waals surface area contributed by atoms with Crippen LogP contribution in [0, 0.1) is 0 Å². The molecule has 0 aliphatic rings. The molecule has 6 heteroatoms. The minimum absolute atomic E-state index is 0.0314. The molecule has 1 atom stereocenters. The SMILES string of the molecule is CCC(CSC)NS(=O)(=O)c1ccccc1CNC(C)C. The Kier molecular flexibility index (Phi) is 7.73. The number of rotatable bonds is 9. The van der Waals surface area contributed by atoms with Gasteiger partial charge in [0.05, 0.1) is 4.90 Å². The van der Waals surface area contributed by atoms with Gasteiger partial charge in [-0.3, -0.25) is 0 Å². The van der Waals surface area contributed by atoms with Crippen LogP contribution < -0.4 is 10.0 Å². The van der Waals surface area contributed by atoms with Crippen molar-refractivity contribution in [2.24, 2.45) is 0 Å². The van der Waals surface area contributed by atoms with Crippen LogP contribution in [0.1, 0.15) is 32.8 Å². The Balaban J connectivity index is 2.96. The highest BCUT2D eigenvalue weighted by Crippen LogP contribution is 2.17. The molecule has 0 bridgehead atoms. The Labute approximate surface area is 133 Å².